The molecule has 1 fully saturated rings. The molecule has 1 aromatic rings. The molecule has 0 aromatic heterocycles. The second-order valence-corrected chi connectivity index (χ2v) is 5.56. The average molecular weight is 289 g/mol. The standard InChI is InChI=1S/C16H23N3O2/c1-12(19-8-3-4-9-19)11-17-16(21)14-6-5-7-15(10-14)18-13(2)20/h5-7,10,12H,3-4,8-9,11H2,1-2H3,(H,17,21)(H,18,20)/t12-/m0/s1. The van der Waals surface area contributed by atoms with Crippen LogP contribution in [0.2, 0.25) is 0 Å². The number of hydrogen-bond acceptors (Lipinski definition) is 3. The van der Waals surface area contributed by atoms with E-state index in [0.717, 1.165) is 13.1 Å². The summed E-state index contributed by atoms with van der Waals surface area (Å²) < 4.78 is 0. The highest BCUT2D eigenvalue weighted by molar-refractivity contribution is 5.96. The van der Waals surface area contributed by atoms with E-state index in [1.807, 2.05) is 0 Å². The van der Waals surface area contributed by atoms with Crippen LogP contribution < -0.4 is 10.6 Å². The molecule has 1 atom stereocenters. The first-order valence-electron chi connectivity index (χ1n) is 7.46. The summed E-state index contributed by atoms with van der Waals surface area (Å²) in [6.07, 6.45) is 2.49. The van der Waals surface area contributed by atoms with Crippen molar-refractivity contribution in [2.75, 3.05) is 25.0 Å². The number of carbonyl (C=O) groups excluding carboxylic acids is 2. The minimum absolute atomic E-state index is 0.103. The molecule has 0 radical (unpaired) electrons. The number of benzene rings is 1. The van der Waals surface area contributed by atoms with Crippen LogP contribution in [0.25, 0.3) is 0 Å². The van der Waals surface area contributed by atoms with Crippen molar-refractivity contribution in [1.29, 1.82) is 0 Å². The van der Waals surface area contributed by atoms with Gasteiger partial charge in [-0.3, -0.25) is 14.5 Å². The number of nitrogens with one attached hydrogen (secondary N) is 2. The van der Waals surface area contributed by atoms with Gasteiger partial charge in [0.1, 0.15) is 0 Å². The van der Waals surface area contributed by atoms with Crippen molar-refractivity contribution in [2.24, 2.45) is 0 Å². The Morgan fingerprint density at radius 1 is 1.29 bits per heavy atom. The van der Waals surface area contributed by atoms with E-state index < -0.39 is 0 Å². The first-order valence-corrected chi connectivity index (χ1v) is 7.46. The molecule has 114 valence electrons. The monoisotopic (exact) mass is 289 g/mol. The predicted octanol–water partition coefficient (Wildman–Crippen LogP) is 1.86. The lowest BCUT2D eigenvalue weighted by Gasteiger charge is -2.23. The van der Waals surface area contributed by atoms with Crippen LogP contribution in [0.4, 0.5) is 5.69 Å². The van der Waals surface area contributed by atoms with E-state index in [9.17, 15) is 9.59 Å². The summed E-state index contributed by atoms with van der Waals surface area (Å²) >= 11 is 0. The Hall–Kier alpha value is -1.88. The molecule has 5 heteroatoms. The summed E-state index contributed by atoms with van der Waals surface area (Å²) in [5.41, 5.74) is 1.21. The second-order valence-electron chi connectivity index (χ2n) is 5.56. The molecule has 1 aromatic carbocycles. The van der Waals surface area contributed by atoms with E-state index in [2.05, 4.69) is 22.5 Å². The second kappa shape index (κ2) is 7.22. The first kappa shape index (κ1) is 15.5. The van der Waals surface area contributed by atoms with Gasteiger partial charge in [0.05, 0.1) is 0 Å². The third kappa shape index (κ3) is 4.56. The fourth-order valence-corrected chi connectivity index (χ4v) is 2.60. The summed E-state index contributed by atoms with van der Waals surface area (Å²) in [6, 6.07) is 7.34. The molecule has 0 spiro atoms. The molecule has 1 aliphatic rings. The lowest BCUT2D eigenvalue weighted by Crippen LogP contribution is -2.40. The van der Waals surface area contributed by atoms with Crippen molar-refractivity contribution in [3.05, 3.63) is 29.8 Å². The number of nitrogens with zero attached hydrogens (tertiary/aromatic N) is 1. The maximum atomic E-state index is 12.2. The third-order valence-corrected chi connectivity index (χ3v) is 3.77. The van der Waals surface area contributed by atoms with E-state index in [1.165, 1.54) is 19.8 Å². The summed E-state index contributed by atoms with van der Waals surface area (Å²) in [5.74, 6) is -0.247. The van der Waals surface area contributed by atoms with E-state index in [1.54, 1.807) is 24.3 Å². The fourth-order valence-electron chi connectivity index (χ4n) is 2.60. The van der Waals surface area contributed by atoms with Gasteiger partial charge in [0.15, 0.2) is 0 Å². The minimum atomic E-state index is -0.143. The zero-order valence-corrected chi connectivity index (χ0v) is 12.7. The Kier molecular flexibility index (Phi) is 5.33. The van der Waals surface area contributed by atoms with Gasteiger partial charge in [0.2, 0.25) is 5.91 Å². The first-order chi connectivity index (χ1) is 10.1. The van der Waals surface area contributed by atoms with E-state index >= 15 is 0 Å². The van der Waals surface area contributed by atoms with Gasteiger partial charge < -0.3 is 10.6 Å². The normalized spacial score (nSPS) is 16.5. The van der Waals surface area contributed by atoms with Gasteiger partial charge in [0.25, 0.3) is 5.91 Å². The van der Waals surface area contributed by atoms with Crippen molar-refractivity contribution in [2.45, 2.75) is 32.7 Å². The van der Waals surface area contributed by atoms with Gasteiger partial charge in [-0.05, 0) is 51.1 Å². The van der Waals surface area contributed by atoms with Crippen LogP contribution in [-0.4, -0.2) is 42.4 Å². The molecular formula is C16H23N3O2. The molecule has 1 saturated heterocycles. The molecule has 0 aliphatic carbocycles. The zero-order chi connectivity index (χ0) is 15.2. The number of carbonyl (C=O) groups is 2. The van der Waals surface area contributed by atoms with Crippen LogP contribution in [-0.2, 0) is 4.79 Å². The highest BCUT2D eigenvalue weighted by Gasteiger charge is 2.18. The number of rotatable bonds is 5. The van der Waals surface area contributed by atoms with Gasteiger partial charge in [0, 0.05) is 30.8 Å². The highest BCUT2D eigenvalue weighted by Crippen LogP contribution is 2.12. The molecule has 5 nitrogen and oxygen atoms in total. The van der Waals surface area contributed by atoms with Crippen LogP contribution in [0.3, 0.4) is 0 Å². The van der Waals surface area contributed by atoms with Gasteiger partial charge in [-0.25, -0.2) is 0 Å². The number of amides is 2. The van der Waals surface area contributed by atoms with Crippen molar-refractivity contribution < 1.29 is 9.59 Å². The molecule has 0 bridgehead atoms. The highest BCUT2D eigenvalue weighted by atomic mass is 16.2. The Bertz CT molecular complexity index is 510. The number of anilines is 1. The quantitative estimate of drug-likeness (QED) is 0.870. The van der Waals surface area contributed by atoms with Crippen LogP contribution in [0.5, 0.6) is 0 Å². The van der Waals surface area contributed by atoms with Gasteiger partial charge in [-0.1, -0.05) is 6.07 Å². The summed E-state index contributed by atoms with van der Waals surface area (Å²) in [7, 11) is 0. The maximum Gasteiger partial charge on any atom is 0.251 e. The lowest BCUT2D eigenvalue weighted by atomic mass is 10.2. The molecule has 0 unspecified atom stereocenters. The maximum absolute atomic E-state index is 12.2. The molecule has 1 heterocycles. The van der Waals surface area contributed by atoms with Crippen LogP contribution in [0.15, 0.2) is 24.3 Å². The van der Waals surface area contributed by atoms with Gasteiger partial charge in [-0.2, -0.15) is 0 Å². The zero-order valence-electron chi connectivity index (χ0n) is 12.7. The molecule has 2 N–H and O–H groups in total. The van der Waals surface area contributed by atoms with Crippen LogP contribution in [0, 0.1) is 0 Å². The largest absolute Gasteiger partial charge is 0.350 e. The summed E-state index contributed by atoms with van der Waals surface area (Å²) in [4.78, 5) is 25.6. The van der Waals surface area contributed by atoms with E-state index in [0.29, 0.717) is 23.8 Å². The Labute approximate surface area is 125 Å². The number of likely N-dealkylation sites (tertiary alicyclic amines) is 1. The van der Waals surface area contributed by atoms with Crippen LogP contribution >= 0.6 is 0 Å². The van der Waals surface area contributed by atoms with Crippen molar-refractivity contribution in [3.63, 3.8) is 0 Å². The topological polar surface area (TPSA) is 61.4 Å². The average Bonchev–Trinajstić information content (AvgIpc) is 2.98. The predicted molar refractivity (Wildman–Crippen MR) is 83.3 cm³/mol. The molecule has 2 amide bonds. The molecule has 1 aliphatic heterocycles. The van der Waals surface area contributed by atoms with Crippen LogP contribution in [0.1, 0.15) is 37.0 Å². The summed E-state index contributed by atoms with van der Waals surface area (Å²) in [6.45, 7) is 6.47. The Balaban J connectivity index is 1.89. The molecule has 0 saturated carbocycles. The van der Waals surface area contributed by atoms with E-state index in [4.69, 9.17) is 0 Å². The molecular weight excluding hydrogens is 266 g/mol. The fraction of sp³-hybridized carbons (Fsp3) is 0.500. The Morgan fingerprint density at radius 2 is 2.00 bits per heavy atom. The van der Waals surface area contributed by atoms with Gasteiger partial charge >= 0.3 is 0 Å². The van der Waals surface area contributed by atoms with Crippen molar-refractivity contribution >= 4 is 17.5 Å². The molecule has 21 heavy (non-hydrogen) atoms. The summed E-state index contributed by atoms with van der Waals surface area (Å²) in [5, 5.41) is 5.65. The van der Waals surface area contributed by atoms with Crippen molar-refractivity contribution in [1.82, 2.24) is 10.2 Å². The van der Waals surface area contributed by atoms with Gasteiger partial charge in [-0.15, -0.1) is 0 Å². The number of hydrogen-bond donors (Lipinski definition) is 2. The SMILES string of the molecule is CC(=O)Nc1cccc(C(=O)NC[C@H](C)N2CCCC2)c1. The molecule has 2 rings (SSSR count). The minimum Gasteiger partial charge on any atom is -0.350 e. The third-order valence-electron chi connectivity index (χ3n) is 3.77. The van der Waals surface area contributed by atoms with Crippen molar-refractivity contribution in [3.8, 4) is 0 Å². The van der Waals surface area contributed by atoms with E-state index in [-0.39, 0.29) is 11.8 Å². The lowest BCUT2D eigenvalue weighted by molar-refractivity contribution is -0.114. The Morgan fingerprint density at radius 3 is 2.67 bits per heavy atom. The smallest absolute Gasteiger partial charge is 0.251 e.